The highest BCUT2D eigenvalue weighted by atomic mass is 16.5. The van der Waals surface area contributed by atoms with Crippen molar-refractivity contribution in [2.75, 3.05) is 7.11 Å². The molecule has 0 amide bonds. The fourth-order valence-corrected chi connectivity index (χ4v) is 6.27. The Morgan fingerprint density at radius 2 is 1.78 bits per heavy atom. The van der Waals surface area contributed by atoms with Gasteiger partial charge in [0.2, 0.25) is 0 Å². The molecule has 4 fully saturated rings. The molecule has 5 heteroatoms. The van der Waals surface area contributed by atoms with E-state index in [1.807, 2.05) is 0 Å². The van der Waals surface area contributed by atoms with Gasteiger partial charge >= 0.3 is 5.97 Å². The number of carbonyl (C=O) groups is 1. The Balaban J connectivity index is 1.56. The van der Waals surface area contributed by atoms with E-state index in [0.29, 0.717) is 16.5 Å². The Hall–Kier alpha value is -2.14. The van der Waals surface area contributed by atoms with Gasteiger partial charge in [0.25, 0.3) is 0 Å². The van der Waals surface area contributed by atoms with E-state index in [0.717, 1.165) is 42.8 Å². The van der Waals surface area contributed by atoms with Gasteiger partial charge in [0.1, 0.15) is 11.3 Å². The lowest BCUT2D eigenvalue weighted by Crippen LogP contribution is -2.48. The maximum Gasteiger partial charge on any atom is 0.339 e. The lowest BCUT2D eigenvalue weighted by Gasteiger charge is -2.56. The van der Waals surface area contributed by atoms with E-state index >= 15 is 0 Å². The first-order valence-electron chi connectivity index (χ1n) is 9.81. The molecule has 1 heterocycles. The summed E-state index contributed by atoms with van der Waals surface area (Å²) in [6.07, 6.45) is 6.01. The van der Waals surface area contributed by atoms with Gasteiger partial charge in [-0.15, -0.1) is 0 Å². The summed E-state index contributed by atoms with van der Waals surface area (Å²) in [6, 6.07) is 6.49. The molecule has 142 valence electrons. The molecule has 1 aromatic carbocycles. The fourth-order valence-electron chi connectivity index (χ4n) is 6.27. The second kappa shape index (κ2) is 5.93. The van der Waals surface area contributed by atoms with Crippen molar-refractivity contribution in [2.45, 2.75) is 50.0 Å². The Morgan fingerprint density at radius 1 is 1.15 bits per heavy atom. The molecule has 4 saturated carbocycles. The standard InChI is InChI=1S/C22H24O5/c1-26-21(25)20(24)15-2-3-18-16(7-15)17(23)8-19(27-18)22-9-12-4-13(10-22)6-14(5-12)11-22/h2-3,7-8,12-14,20,24H,4-6,9-11H2,1H3. The van der Waals surface area contributed by atoms with E-state index in [-0.39, 0.29) is 10.8 Å². The third-order valence-electron chi connectivity index (χ3n) is 7.05. The van der Waals surface area contributed by atoms with Gasteiger partial charge in [0.15, 0.2) is 11.5 Å². The Labute approximate surface area is 157 Å². The number of fused-ring (bicyclic) bond motifs is 1. The highest BCUT2D eigenvalue weighted by molar-refractivity contribution is 5.81. The van der Waals surface area contributed by atoms with Crippen LogP contribution in [0.3, 0.4) is 0 Å². The van der Waals surface area contributed by atoms with Crippen LogP contribution < -0.4 is 5.43 Å². The van der Waals surface area contributed by atoms with Crippen LogP contribution in [0.25, 0.3) is 11.0 Å². The van der Waals surface area contributed by atoms with E-state index in [9.17, 15) is 14.7 Å². The minimum atomic E-state index is -1.40. The van der Waals surface area contributed by atoms with Crippen molar-refractivity contribution in [3.8, 4) is 0 Å². The van der Waals surface area contributed by atoms with Gasteiger partial charge in [-0.2, -0.15) is 0 Å². The fraction of sp³-hybridized carbons (Fsp3) is 0.545. The Bertz CT molecular complexity index is 937. The monoisotopic (exact) mass is 368 g/mol. The summed E-state index contributed by atoms with van der Waals surface area (Å²) in [5.74, 6) is 2.41. The van der Waals surface area contributed by atoms with Crippen LogP contribution in [0.2, 0.25) is 0 Å². The number of carbonyl (C=O) groups excluding carboxylic acids is 1. The molecule has 4 aliphatic carbocycles. The van der Waals surface area contributed by atoms with Crippen molar-refractivity contribution in [2.24, 2.45) is 17.8 Å². The summed E-state index contributed by atoms with van der Waals surface area (Å²) < 4.78 is 10.8. The van der Waals surface area contributed by atoms with Crippen molar-refractivity contribution in [3.63, 3.8) is 0 Å². The van der Waals surface area contributed by atoms with Crippen molar-refractivity contribution in [3.05, 3.63) is 45.8 Å². The number of benzene rings is 1. The van der Waals surface area contributed by atoms with Crippen molar-refractivity contribution in [1.29, 1.82) is 0 Å². The van der Waals surface area contributed by atoms with Gasteiger partial charge in [0.05, 0.1) is 12.5 Å². The smallest absolute Gasteiger partial charge is 0.339 e. The number of aliphatic hydroxyl groups is 1. The van der Waals surface area contributed by atoms with Crippen LogP contribution in [0.1, 0.15) is 56.0 Å². The van der Waals surface area contributed by atoms with E-state index in [1.165, 1.54) is 32.4 Å². The number of methoxy groups -OCH3 is 1. The number of ether oxygens (including phenoxy) is 1. The van der Waals surface area contributed by atoms with Crippen LogP contribution in [0.5, 0.6) is 0 Å². The van der Waals surface area contributed by atoms with Gasteiger partial charge in [-0.1, -0.05) is 6.07 Å². The SMILES string of the molecule is COC(=O)C(O)c1ccc2oc(C34CC5CC(CC(C5)C3)C4)cc(=O)c2c1. The minimum absolute atomic E-state index is 0.0201. The van der Waals surface area contributed by atoms with Crippen LogP contribution in [-0.2, 0) is 14.9 Å². The normalized spacial score (nSPS) is 32.6. The summed E-state index contributed by atoms with van der Waals surface area (Å²) in [5.41, 5.74) is 0.769. The molecule has 1 atom stereocenters. The van der Waals surface area contributed by atoms with Crippen LogP contribution in [0.4, 0.5) is 0 Å². The molecule has 0 radical (unpaired) electrons. The van der Waals surface area contributed by atoms with Crippen LogP contribution in [-0.4, -0.2) is 18.2 Å². The molecule has 2 aromatic rings. The van der Waals surface area contributed by atoms with E-state index in [2.05, 4.69) is 4.74 Å². The maximum absolute atomic E-state index is 12.8. The second-order valence-electron chi connectivity index (χ2n) is 8.85. The third kappa shape index (κ3) is 2.63. The first-order valence-corrected chi connectivity index (χ1v) is 9.81. The first kappa shape index (κ1) is 17.0. The average Bonchev–Trinajstić information content (AvgIpc) is 2.65. The van der Waals surface area contributed by atoms with Crippen molar-refractivity contribution < 1.29 is 19.1 Å². The summed E-state index contributed by atoms with van der Waals surface area (Å²) >= 11 is 0. The number of esters is 1. The Morgan fingerprint density at radius 3 is 2.37 bits per heavy atom. The van der Waals surface area contributed by atoms with Crippen LogP contribution in [0.15, 0.2) is 33.5 Å². The van der Waals surface area contributed by atoms with Gasteiger partial charge in [-0.05, 0) is 74.0 Å². The minimum Gasteiger partial charge on any atom is -0.467 e. The predicted molar refractivity (Wildman–Crippen MR) is 99.3 cm³/mol. The zero-order valence-corrected chi connectivity index (χ0v) is 15.4. The molecule has 1 unspecified atom stereocenters. The van der Waals surface area contributed by atoms with E-state index in [4.69, 9.17) is 4.42 Å². The molecular weight excluding hydrogens is 344 g/mol. The number of rotatable bonds is 3. The third-order valence-corrected chi connectivity index (χ3v) is 7.05. The number of hydrogen-bond donors (Lipinski definition) is 1. The molecule has 27 heavy (non-hydrogen) atoms. The summed E-state index contributed by atoms with van der Waals surface area (Å²) in [6.45, 7) is 0. The average molecular weight is 368 g/mol. The molecule has 0 aliphatic heterocycles. The summed E-state index contributed by atoms with van der Waals surface area (Å²) in [4.78, 5) is 24.4. The largest absolute Gasteiger partial charge is 0.467 e. The molecule has 5 nitrogen and oxygen atoms in total. The molecule has 1 aromatic heterocycles. The van der Waals surface area contributed by atoms with Gasteiger partial charge in [-0.3, -0.25) is 4.79 Å². The predicted octanol–water partition coefficient (Wildman–Crippen LogP) is 3.47. The zero-order chi connectivity index (χ0) is 18.8. The molecule has 0 spiro atoms. The first-order chi connectivity index (χ1) is 13.0. The van der Waals surface area contributed by atoms with Gasteiger partial charge in [0, 0.05) is 11.5 Å². The van der Waals surface area contributed by atoms with Crippen molar-refractivity contribution >= 4 is 16.9 Å². The lowest BCUT2D eigenvalue weighted by molar-refractivity contribution is -0.150. The Kier molecular flexibility index (Phi) is 3.73. The molecule has 6 rings (SSSR count). The molecule has 1 N–H and O–H groups in total. The van der Waals surface area contributed by atoms with E-state index in [1.54, 1.807) is 18.2 Å². The zero-order valence-electron chi connectivity index (χ0n) is 15.4. The number of aliphatic hydroxyl groups excluding tert-OH is 1. The molecule has 4 aliphatic rings. The van der Waals surface area contributed by atoms with Crippen LogP contribution >= 0.6 is 0 Å². The maximum atomic E-state index is 12.8. The lowest BCUT2D eigenvalue weighted by atomic mass is 9.49. The highest BCUT2D eigenvalue weighted by Crippen LogP contribution is 2.60. The number of hydrogen-bond acceptors (Lipinski definition) is 5. The van der Waals surface area contributed by atoms with Gasteiger partial charge < -0.3 is 14.3 Å². The van der Waals surface area contributed by atoms with E-state index < -0.39 is 12.1 Å². The second-order valence-corrected chi connectivity index (χ2v) is 8.85. The van der Waals surface area contributed by atoms with Crippen molar-refractivity contribution in [1.82, 2.24) is 0 Å². The molecular formula is C22H24O5. The van der Waals surface area contributed by atoms with Gasteiger partial charge in [-0.25, -0.2) is 4.79 Å². The quantitative estimate of drug-likeness (QED) is 0.840. The summed E-state index contributed by atoms with van der Waals surface area (Å²) in [7, 11) is 1.22. The van der Waals surface area contributed by atoms with Crippen LogP contribution in [0, 0.1) is 17.8 Å². The summed E-state index contributed by atoms with van der Waals surface area (Å²) in [5, 5.41) is 10.4. The highest BCUT2D eigenvalue weighted by Gasteiger charge is 2.53. The molecule has 4 bridgehead atoms. The topological polar surface area (TPSA) is 76.7 Å². The molecule has 0 saturated heterocycles.